The van der Waals surface area contributed by atoms with E-state index in [4.69, 9.17) is 11.6 Å². The minimum atomic E-state index is -3.69. The van der Waals surface area contributed by atoms with Crippen LogP contribution in [-0.4, -0.2) is 14.3 Å². The number of carbonyl (C=O) groups excluding carboxylic acids is 1. The molecule has 0 saturated carbocycles. The lowest BCUT2D eigenvalue weighted by Gasteiger charge is -2.09. The highest BCUT2D eigenvalue weighted by Gasteiger charge is 2.19. The van der Waals surface area contributed by atoms with Gasteiger partial charge in [-0.2, -0.15) is 0 Å². The number of rotatable bonds is 6. The second-order valence-electron chi connectivity index (χ2n) is 6.25. The normalized spacial score (nSPS) is 11.2. The molecule has 7 heteroatoms. The molecule has 0 fully saturated rings. The summed E-state index contributed by atoms with van der Waals surface area (Å²) in [5.41, 5.74) is 1.36. The van der Waals surface area contributed by atoms with Gasteiger partial charge in [0.1, 0.15) is 5.82 Å². The third-order valence-electron chi connectivity index (χ3n) is 4.03. The molecule has 3 aromatic carbocycles. The Kier molecular flexibility index (Phi) is 6.11. The number of nitrogens with one attached hydrogen (secondary N) is 1. The smallest absolute Gasteiger partial charge is 0.255 e. The van der Waals surface area contributed by atoms with Crippen molar-refractivity contribution in [3.63, 3.8) is 0 Å². The molecule has 28 heavy (non-hydrogen) atoms. The molecule has 0 spiro atoms. The number of para-hydroxylation sites is 1. The highest BCUT2D eigenvalue weighted by Crippen LogP contribution is 2.23. The first kappa shape index (κ1) is 20.0. The van der Waals surface area contributed by atoms with Gasteiger partial charge in [0.15, 0.2) is 9.84 Å². The van der Waals surface area contributed by atoms with Crippen LogP contribution in [0.3, 0.4) is 0 Å². The number of anilines is 1. The molecule has 0 aliphatic heterocycles. The minimum absolute atomic E-state index is 0.0536. The Bertz CT molecular complexity index is 1080. The lowest BCUT2D eigenvalue weighted by Crippen LogP contribution is -2.13. The third-order valence-corrected chi connectivity index (χ3v) is 5.89. The highest BCUT2D eigenvalue weighted by molar-refractivity contribution is 7.89. The third kappa shape index (κ3) is 5.18. The Labute approximate surface area is 167 Å². The molecule has 0 saturated heterocycles. The molecule has 0 bridgehead atoms. The average Bonchev–Trinajstić information content (AvgIpc) is 2.65. The zero-order valence-corrected chi connectivity index (χ0v) is 16.3. The summed E-state index contributed by atoms with van der Waals surface area (Å²) >= 11 is 5.92. The lowest BCUT2D eigenvalue weighted by molar-refractivity contribution is 0.102. The van der Waals surface area contributed by atoms with E-state index in [1.54, 1.807) is 42.5 Å². The molecule has 0 radical (unpaired) electrons. The monoisotopic (exact) mass is 417 g/mol. The van der Waals surface area contributed by atoms with Gasteiger partial charge < -0.3 is 5.32 Å². The van der Waals surface area contributed by atoms with E-state index < -0.39 is 21.4 Å². The number of sulfone groups is 1. The summed E-state index contributed by atoms with van der Waals surface area (Å²) in [5, 5.41) is 2.82. The van der Waals surface area contributed by atoms with Crippen LogP contribution in [0.2, 0.25) is 5.02 Å². The molecule has 0 unspecified atom stereocenters. The van der Waals surface area contributed by atoms with E-state index in [0.29, 0.717) is 16.8 Å². The van der Waals surface area contributed by atoms with Crippen LogP contribution >= 0.6 is 11.6 Å². The van der Waals surface area contributed by atoms with Crippen molar-refractivity contribution in [3.05, 3.63) is 100 Å². The largest absolute Gasteiger partial charge is 0.322 e. The maximum absolute atomic E-state index is 13.9. The van der Waals surface area contributed by atoms with Gasteiger partial charge in [0, 0.05) is 21.8 Å². The van der Waals surface area contributed by atoms with Crippen molar-refractivity contribution < 1.29 is 17.6 Å². The molecule has 144 valence electrons. The average molecular weight is 418 g/mol. The zero-order valence-electron chi connectivity index (χ0n) is 14.7. The molecular formula is C21H17ClFNO3S. The second kappa shape index (κ2) is 8.54. The van der Waals surface area contributed by atoms with Crippen LogP contribution in [-0.2, 0) is 21.3 Å². The van der Waals surface area contributed by atoms with Gasteiger partial charge in [-0.1, -0.05) is 48.0 Å². The van der Waals surface area contributed by atoms with Crippen LogP contribution in [0.25, 0.3) is 0 Å². The summed E-state index contributed by atoms with van der Waals surface area (Å²) in [5.74, 6) is -1.85. The fourth-order valence-corrected chi connectivity index (χ4v) is 4.55. The van der Waals surface area contributed by atoms with E-state index >= 15 is 0 Å². The van der Waals surface area contributed by atoms with Crippen LogP contribution in [0, 0.1) is 5.82 Å². The topological polar surface area (TPSA) is 63.2 Å². The second-order valence-corrected chi connectivity index (χ2v) is 8.72. The Hall–Kier alpha value is -2.70. The van der Waals surface area contributed by atoms with E-state index in [1.807, 2.05) is 6.07 Å². The summed E-state index contributed by atoms with van der Waals surface area (Å²) in [7, 11) is -3.69. The summed E-state index contributed by atoms with van der Waals surface area (Å²) < 4.78 is 38.9. The summed E-state index contributed by atoms with van der Waals surface area (Å²) in [6, 6.07) is 19.3. The molecule has 1 amide bonds. The molecule has 3 aromatic rings. The molecule has 0 aromatic heterocycles. The van der Waals surface area contributed by atoms with Crippen molar-refractivity contribution in [2.24, 2.45) is 0 Å². The minimum Gasteiger partial charge on any atom is -0.322 e. The van der Waals surface area contributed by atoms with E-state index in [-0.39, 0.29) is 22.2 Å². The van der Waals surface area contributed by atoms with Crippen LogP contribution in [0.15, 0.2) is 72.8 Å². The summed E-state index contributed by atoms with van der Waals surface area (Å²) in [6.07, 6.45) is 0. The van der Waals surface area contributed by atoms with E-state index in [0.717, 1.165) is 0 Å². The van der Waals surface area contributed by atoms with E-state index in [2.05, 4.69) is 5.32 Å². The first-order valence-corrected chi connectivity index (χ1v) is 10.6. The van der Waals surface area contributed by atoms with Gasteiger partial charge in [-0.25, -0.2) is 12.8 Å². The quantitative estimate of drug-likeness (QED) is 0.623. The maximum atomic E-state index is 13.9. The SMILES string of the molecule is O=C(Nc1ccccc1)c1cccc(CS(=O)(=O)Cc2c(F)cccc2Cl)c1. The van der Waals surface area contributed by atoms with Crippen molar-refractivity contribution in [2.45, 2.75) is 11.5 Å². The molecule has 0 atom stereocenters. The Morgan fingerprint density at radius 2 is 1.64 bits per heavy atom. The summed E-state index contributed by atoms with van der Waals surface area (Å²) in [6.45, 7) is 0. The number of halogens is 2. The number of benzene rings is 3. The van der Waals surface area contributed by atoms with Crippen molar-refractivity contribution in [2.75, 3.05) is 5.32 Å². The van der Waals surface area contributed by atoms with Gasteiger partial charge >= 0.3 is 0 Å². The van der Waals surface area contributed by atoms with Crippen LogP contribution in [0.1, 0.15) is 21.5 Å². The lowest BCUT2D eigenvalue weighted by atomic mass is 10.1. The Balaban J connectivity index is 1.75. The molecule has 3 rings (SSSR count). The summed E-state index contributed by atoms with van der Waals surface area (Å²) in [4.78, 5) is 12.4. The number of amides is 1. The van der Waals surface area contributed by atoms with Crippen molar-refractivity contribution in [3.8, 4) is 0 Å². The predicted molar refractivity (Wildman–Crippen MR) is 109 cm³/mol. The first-order chi connectivity index (χ1) is 13.3. The Morgan fingerprint density at radius 3 is 2.36 bits per heavy atom. The van der Waals surface area contributed by atoms with E-state index in [1.165, 1.54) is 24.3 Å². The number of carbonyl (C=O) groups is 1. The molecule has 4 nitrogen and oxygen atoms in total. The standard InChI is InChI=1S/C21H17ClFNO3S/c22-19-10-5-11-20(23)18(19)14-28(26,27)13-15-6-4-7-16(12-15)21(25)24-17-8-2-1-3-9-17/h1-12H,13-14H2,(H,24,25). The molecule has 0 aliphatic rings. The maximum Gasteiger partial charge on any atom is 0.255 e. The van der Waals surface area contributed by atoms with Crippen LogP contribution in [0.5, 0.6) is 0 Å². The van der Waals surface area contributed by atoms with Crippen molar-refractivity contribution in [1.29, 1.82) is 0 Å². The molecule has 0 heterocycles. The van der Waals surface area contributed by atoms with Gasteiger partial charge in [-0.3, -0.25) is 4.79 Å². The van der Waals surface area contributed by atoms with E-state index in [9.17, 15) is 17.6 Å². The molecular weight excluding hydrogens is 401 g/mol. The fourth-order valence-electron chi connectivity index (χ4n) is 2.72. The molecule has 0 aliphatic carbocycles. The highest BCUT2D eigenvalue weighted by atomic mass is 35.5. The van der Waals surface area contributed by atoms with Gasteiger partial charge in [0.2, 0.25) is 0 Å². The predicted octanol–water partition coefficient (Wildman–Crippen LogP) is 4.85. The van der Waals surface area contributed by atoms with Gasteiger partial charge in [0.05, 0.1) is 11.5 Å². The van der Waals surface area contributed by atoms with Crippen LogP contribution < -0.4 is 5.32 Å². The van der Waals surface area contributed by atoms with Gasteiger partial charge in [-0.15, -0.1) is 0 Å². The Morgan fingerprint density at radius 1 is 0.929 bits per heavy atom. The zero-order chi connectivity index (χ0) is 20.1. The van der Waals surface area contributed by atoms with Gasteiger partial charge in [-0.05, 0) is 42.0 Å². The van der Waals surface area contributed by atoms with Crippen molar-refractivity contribution >= 4 is 33.0 Å². The van der Waals surface area contributed by atoms with Gasteiger partial charge in [0.25, 0.3) is 5.91 Å². The number of hydrogen-bond donors (Lipinski definition) is 1. The van der Waals surface area contributed by atoms with Crippen LogP contribution in [0.4, 0.5) is 10.1 Å². The number of hydrogen-bond acceptors (Lipinski definition) is 3. The van der Waals surface area contributed by atoms with Crippen molar-refractivity contribution in [1.82, 2.24) is 0 Å². The first-order valence-electron chi connectivity index (χ1n) is 8.43. The fraction of sp³-hybridized carbons (Fsp3) is 0.0952. The molecule has 1 N–H and O–H groups in total.